The zero-order valence-electron chi connectivity index (χ0n) is 11.5. The molecule has 2 fully saturated rings. The van der Waals surface area contributed by atoms with Gasteiger partial charge in [-0.15, -0.1) is 0 Å². The lowest BCUT2D eigenvalue weighted by Crippen LogP contribution is -2.38. The van der Waals surface area contributed by atoms with E-state index in [1.54, 1.807) is 17.2 Å². The predicted molar refractivity (Wildman–Crippen MR) is 72.6 cm³/mol. The van der Waals surface area contributed by atoms with Crippen LogP contribution in [0.1, 0.15) is 37.9 Å². The third-order valence-electron chi connectivity index (χ3n) is 4.21. The topological polar surface area (TPSA) is 62.6 Å². The molecule has 0 radical (unpaired) electrons. The largest absolute Gasteiger partial charge is 0.467 e. The number of nitrogens with one attached hydrogen (secondary N) is 1. The van der Waals surface area contributed by atoms with Gasteiger partial charge in [-0.1, -0.05) is 12.8 Å². The van der Waals surface area contributed by atoms with Crippen LogP contribution < -0.4 is 5.32 Å². The Bertz CT molecular complexity index is 477. The van der Waals surface area contributed by atoms with Crippen LogP contribution in [-0.4, -0.2) is 29.3 Å². The number of hydrogen-bond donors (Lipinski definition) is 1. The van der Waals surface area contributed by atoms with Crippen LogP contribution in [-0.2, 0) is 16.1 Å². The van der Waals surface area contributed by atoms with Crippen molar-refractivity contribution in [1.82, 2.24) is 10.2 Å². The van der Waals surface area contributed by atoms with Gasteiger partial charge >= 0.3 is 0 Å². The molecule has 1 saturated heterocycles. The van der Waals surface area contributed by atoms with Crippen LogP contribution in [0.4, 0.5) is 0 Å². The van der Waals surface area contributed by atoms with E-state index in [-0.39, 0.29) is 17.7 Å². The minimum atomic E-state index is -0.210. The predicted octanol–water partition coefficient (Wildman–Crippen LogP) is 1.69. The third-order valence-corrected chi connectivity index (χ3v) is 4.21. The molecule has 1 aromatic heterocycles. The molecule has 1 aromatic rings. The molecule has 0 bridgehead atoms. The molecule has 0 aromatic carbocycles. The molecule has 1 atom stereocenters. The van der Waals surface area contributed by atoms with E-state index in [1.165, 1.54) is 12.8 Å². The SMILES string of the molecule is O=C(NC1CCCC1)C1CC(=O)N(Cc2ccco2)C1. The number of carbonyl (C=O) groups excluding carboxylic acids is 2. The molecule has 1 unspecified atom stereocenters. The molecule has 5 heteroatoms. The Labute approximate surface area is 118 Å². The highest BCUT2D eigenvalue weighted by atomic mass is 16.3. The minimum absolute atomic E-state index is 0.0344. The fourth-order valence-corrected chi connectivity index (χ4v) is 3.08. The summed E-state index contributed by atoms with van der Waals surface area (Å²) in [6.07, 6.45) is 6.45. The molecule has 1 saturated carbocycles. The van der Waals surface area contributed by atoms with Gasteiger partial charge in [-0.2, -0.15) is 0 Å². The van der Waals surface area contributed by atoms with Gasteiger partial charge in [0, 0.05) is 19.0 Å². The third kappa shape index (κ3) is 2.86. The number of hydrogen-bond acceptors (Lipinski definition) is 3. The summed E-state index contributed by atoms with van der Waals surface area (Å²) in [6.45, 7) is 0.955. The Morgan fingerprint density at radius 2 is 2.20 bits per heavy atom. The molecule has 1 N–H and O–H groups in total. The summed E-state index contributed by atoms with van der Waals surface area (Å²) >= 11 is 0. The Morgan fingerprint density at radius 3 is 2.90 bits per heavy atom. The Morgan fingerprint density at radius 1 is 1.40 bits per heavy atom. The van der Waals surface area contributed by atoms with Crippen LogP contribution in [0.15, 0.2) is 22.8 Å². The molecule has 1 aliphatic carbocycles. The molecule has 108 valence electrons. The molecular formula is C15H20N2O3. The number of amides is 2. The molecule has 2 heterocycles. The van der Waals surface area contributed by atoms with Crippen LogP contribution in [0.25, 0.3) is 0 Å². The zero-order chi connectivity index (χ0) is 13.9. The maximum atomic E-state index is 12.2. The summed E-state index contributed by atoms with van der Waals surface area (Å²) in [4.78, 5) is 25.8. The molecule has 0 spiro atoms. The molecule has 20 heavy (non-hydrogen) atoms. The number of furan rings is 1. The molecule has 2 amide bonds. The first kappa shape index (κ1) is 13.2. The van der Waals surface area contributed by atoms with Crippen LogP contribution >= 0.6 is 0 Å². The van der Waals surface area contributed by atoms with E-state index >= 15 is 0 Å². The summed E-state index contributed by atoms with van der Waals surface area (Å²) in [5.74, 6) is 0.619. The monoisotopic (exact) mass is 276 g/mol. The highest BCUT2D eigenvalue weighted by Gasteiger charge is 2.35. The lowest BCUT2D eigenvalue weighted by Gasteiger charge is -2.17. The van der Waals surface area contributed by atoms with Crippen molar-refractivity contribution >= 4 is 11.8 Å². The van der Waals surface area contributed by atoms with Crippen LogP contribution in [0.5, 0.6) is 0 Å². The maximum absolute atomic E-state index is 12.2. The summed E-state index contributed by atoms with van der Waals surface area (Å²) in [7, 11) is 0. The van der Waals surface area contributed by atoms with Gasteiger partial charge in [-0.25, -0.2) is 0 Å². The van der Waals surface area contributed by atoms with Crippen LogP contribution in [0.2, 0.25) is 0 Å². The number of nitrogens with zero attached hydrogens (tertiary/aromatic N) is 1. The summed E-state index contributed by atoms with van der Waals surface area (Å²) in [5, 5.41) is 3.08. The van der Waals surface area contributed by atoms with E-state index in [1.807, 2.05) is 6.07 Å². The summed E-state index contributed by atoms with van der Waals surface area (Å²) < 4.78 is 5.25. The average molecular weight is 276 g/mol. The number of likely N-dealkylation sites (tertiary alicyclic amines) is 1. The van der Waals surface area contributed by atoms with Crippen molar-refractivity contribution in [3.63, 3.8) is 0 Å². The van der Waals surface area contributed by atoms with Crippen molar-refractivity contribution in [3.8, 4) is 0 Å². The first-order valence-corrected chi connectivity index (χ1v) is 7.33. The van der Waals surface area contributed by atoms with Crippen molar-refractivity contribution in [3.05, 3.63) is 24.2 Å². The standard InChI is InChI=1S/C15H20N2O3/c18-14-8-11(15(19)16-12-4-1-2-5-12)9-17(14)10-13-6-3-7-20-13/h3,6-7,11-12H,1-2,4-5,8-10H2,(H,16,19). The molecule has 1 aliphatic heterocycles. The van der Waals surface area contributed by atoms with Gasteiger partial charge in [0.05, 0.1) is 18.7 Å². The van der Waals surface area contributed by atoms with Crippen molar-refractivity contribution in [1.29, 1.82) is 0 Å². The minimum Gasteiger partial charge on any atom is -0.467 e. The van der Waals surface area contributed by atoms with E-state index in [4.69, 9.17) is 4.42 Å². The fraction of sp³-hybridized carbons (Fsp3) is 0.600. The maximum Gasteiger partial charge on any atom is 0.225 e. The highest BCUT2D eigenvalue weighted by Crippen LogP contribution is 2.23. The van der Waals surface area contributed by atoms with Gasteiger partial charge in [0.1, 0.15) is 5.76 Å². The second-order valence-electron chi connectivity index (χ2n) is 5.74. The Kier molecular flexibility index (Phi) is 3.76. The zero-order valence-corrected chi connectivity index (χ0v) is 11.5. The number of carbonyl (C=O) groups is 2. The van der Waals surface area contributed by atoms with Crippen LogP contribution in [0.3, 0.4) is 0 Å². The van der Waals surface area contributed by atoms with Crippen molar-refractivity contribution in [2.24, 2.45) is 5.92 Å². The quantitative estimate of drug-likeness (QED) is 0.910. The molecule has 3 rings (SSSR count). The number of rotatable bonds is 4. The van der Waals surface area contributed by atoms with Crippen LogP contribution in [0, 0.1) is 5.92 Å². The Hall–Kier alpha value is -1.78. The van der Waals surface area contributed by atoms with E-state index in [0.717, 1.165) is 18.6 Å². The lowest BCUT2D eigenvalue weighted by molar-refractivity contribution is -0.129. The lowest BCUT2D eigenvalue weighted by atomic mass is 10.1. The second kappa shape index (κ2) is 5.69. The summed E-state index contributed by atoms with van der Waals surface area (Å²) in [6, 6.07) is 3.97. The van der Waals surface area contributed by atoms with Gasteiger partial charge in [-0.3, -0.25) is 9.59 Å². The average Bonchev–Trinajstić information content (AvgIpc) is 3.13. The van der Waals surface area contributed by atoms with Gasteiger partial charge in [0.25, 0.3) is 0 Å². The second-order valence-corrected chi connectivity index (χ2v) is 5.74. The molecular weight excluding hydrogens is 256 g/mol. The van der Waals surface area contributed by atoms with E-state index < -0.39 is 0 Å². The van der Waals surface area contributed by atoms with E-state index in [0.29, 0.717) is 25.6 Å². The van der Waals surface area contributed by atoms with Crippen molar-refractivity contribution in [2.45, 2.75) is 44.7 Å². The Balaban J connectivity index is 1.54. The normalized spacial score (nSPS) is 23.5. The van der Waals surface area contributed by atoms with Gasteiger partial charge < -0.3 is 14.6 Å². The van der Waals surface area contributed by atoms with E-state index in [2.05, 4.69) is 5.32 Å². The highest BCUT2D eigenvalue weighted by molar-refractivity contribution is 5.89. The van der Waals surface area contributed by atoms with Crippen molar-refractivity contribution < 1.29 is 14.0 Å². The first-order chi connectivity index (χ1) is 9.72. The van der Waals surface area contributed by atoms with Crippen molar-refractivity contribution in [2.75, 3.05) is 6.54 Å². The van der Waals surface area contributed by atoms with Gasteiger partial charge in [0.15, 0.2) is 0 Å². The fourth-order valence-electron chi connectivity index (χ4n) is 3.08. The van der Waals surface area contributed by atoms with E-state index in [9.17, 15) is 9.59 Å². The van der Waals surface area contributed by atoms with Gasteiger partial charge in [0.2, 0.25) is 11.8 Å². The molecule has 2 aliphatic rings. The van der Waals surface area contributed by atoms with Gasteiger partial charge in [-0.05, 0) is 25.0 Å². The summed E-state index contributed by atoms with van der Waals surface area (Å²) in [5.41, 5.74) is 0. The molecule has 5 nitrogen and oxygen atoms in total. The smallest absolute Gasteiger partial charge is 0.225 e. The first-order valence-electron chi connectivity index (χ1n) is 7.33.